The van der Waals surface area contributed by atoms with E-state index in [9.17, 15) is 4.79 Å². The van der Waals surface area contributed by atoms with Crippen LogP contribution >= 0.6 is 31.9 Å². The number of pyridine rings is 1. The van der Waals surface area contributed by atoms with E-state index in [1.54, 1.807) is 12.4 Å². The Morgan fingerprint density at radius 3 is 2.58 bits per heavy atom. The number of H-pyrrole nitrogens is 1. The van der Waals surface area contributed by atoms with E-state index < -0.39 is 0 Å². The fourth-order valence-electron chi connectivity index (χ4n) is 2.22. The van der Waals surface area contributed by atoms with Crippen LogP contribution in [-0.4, -0.2) is 21.0 Å². The second-order valence-electron chi connectivity index (χ2n) is 5.34. The lowest BCUT2D eigenvalue weighted by atomic mass is 10.2. The third-order valence-electron chi connectivity index (χ3n) is 3.51. The molecule has 0 spiro atoms. The molecule has 0 saturated heterocycles. The van der Waals surface area contributed by atoms with E-state index in [1.807, 2.05) is 44.2 Å². The maximum absolute atomic E-state index is 12.6. The lowest BCUT2D eigenvalue weighted by Crippen LogP contribution is -2.17. The average Bonchev–Trinajstić information content (AvgIpc) is 2.82. The molecule has 0 radical (unpaired) electrons. The van der Waals surface area contributed by atoms with Gasteiger partial charge < -0.3 is 0 Å². The average molecular weight is 450 g/mol. The predicted octanol–water partition coefficient (Wildman–Crippen LogP) is 4.45. The zero-order valence-electron chi connectivity index (χ0n) is 13.0. The number of benzene rings is 1. The summed E-state index contributed by atoms with van der Waals surface area (Å²) in [6.07, 6.45) is 3.20. The van der Waals surface area contributed by atoms with E-state index in [1.165, 1.54) is 4.68 Å². The van der Waals surface area contributed by atoms with Crippen molar-refractivity contribution in [1.82, 2.24) is 14.8 Å². The van der Waals surface area contributed by atoms with Gasteiger partial charge >= 0.3 is 0 Å². The van der Waals surface area contributed by atoms with Gasteiger partial charge in [-0.2, -0.15) is 0 Å². The molecule has 7 heteroatoms. The van der Waals surface area contributed by atoms with E-state index in [0.717, 1.165) is 25.9 Å². The molecule has 3 aromatic rings. The van der Waals surface area contributed by atoms with Gasteiger partial charge in [-0.1, -0.05) is 17.7 Å². The van der Waals surface area contributed by atoms with Gasteiger partial charge in [0.25, 0.3) is 5.56 Å². The molecule has 0 amide bonds. The molecule has 0 aliphatic rings. The number of aromatic amines is 1. The monoisotopic (exact) mass is 448 g/mol. The van der Waals surface area contributed by atoms with E-state index in [2.05, 4.69) is 46.9 Å². The zero-order chi connectivity index (χ0) is 17.3. The Morgan fingerprint density at radius 1 is 1.21 bits per heavy atom. The van der Waals surface area contributed by atoms with E-state index in [-0.39, 0.29) is 5.56 Å². The molecular weight excluding hydrogens is 436 g/mol. The second-order valence-corrected chi connectivity index (χ2v) is 7.11. The Morgan fingerprint density at radius 2 is 1.92 bits per heavy atom. The molecule has 0 unspecified atom stereocenters. The number of hydrogen-bond donors (Lipinski definition) is 1. The van der Waals surface area contributed by atoms with Gasteiger partial charge in [-0.3, -0.25) is 9.89 Å². The topological polar surface area (TPSA) is 63.0 Å². The first-order valence-corrected chi connectivity index (χ1v) is 8.78. The molecule has 0 bridgehead atoms. The van der Waals surface area contributed by atoms with Gasteiger partial charge in [0.2, 0.25) is 0 Å². The minimum absolute atomic E-state index is 0.145. The van der Waals surface area contributed by atoms with Crippen molar-refractivity contribution < 1.29 is 0 Å². The number of rotatable bonds is 3. The van der Waals surface area contributed by atoms with Gasteiger partial charge in [0.15, 0.2) is 5.82 Å². The largest absolute Gasteiger partial charge is 0.295 e. The Labute approximate surface area is 155 Å². The van der Waals surface area contributed by atoms with Crippen molar-refractivity contribution in [2.45, 2.75) is 13.8 Å². The first-order chi connectivity index (χ1) is 11.5. The quantitative estimate of drug-likeness (QED) is 0.600. The lowest BCUT2D eigenvalue weighted by molar-refractivity contribution is 0.835. The van der Waals surface area contributed by atoms with Crippen LogP contribution in [-0.2, 0) is 0 Å². The number of aromatic nitrogens is 3. The Hall–Kier alpha value is -1.99. The summed E-state index contributed by atoms with van der Waals surface area (Å²) < 4.78 is 3.12. The Balaban J connectivity index is 1.99. The van der Waals surface area contributed by atoms with E-state index >= 15 is 0 Å². The lowest BCUT2D eigenvalue weighted by Gasteiger charge is -2.01. The standard InChI is InChI=1S/C17H14Br2N4O/c1-10-3-5-13(6-4-10)23-17(24)14(11(2)22-23)9-21-16-15(19)7-12(18)8-20-16/h3-9,22H,1-2H3. The molecule has 0 saturated carbocycles. The van der Waals surface area contributed by atoms with Gasteiger partial charge in [-0.25, -0.2) is 14.7 Å². The van der Waals surface area contributed by atoms with E-state index in [0.29, 0.717) is 11.4 Å². The number of hydrogen-bond acceptors (Lipinski definition) is 3. The SMILES string of the molecule is Cc1ccc(-n2[nH]c(C)c(C=Nc3ncc(Br)cc3Br)c2=O)cc1. The maximum Gasteiger partial charge on any atom is 0.280 e. The Kier molecular flexibility index (Phi) is 4.82. The van der Waals surface area contributed by atoms with Crippen molar-refractivity contribution in [2.75, 3.05) is 0 Å². The molecule has 2 heterocycles. The van der Waals surface area contributed by atoms with Gasteiger partial charge in [-0.05, 0) is 63.9 Å². The molecule has 0 atom stereocenters. The van der Waals surface area contributed by atoms with Crippen LogP contribution in [0.15, 0.2) is 55.3 Å². The van der Waals surface area contributed by atoms with Crippen LogP contribution < -0.4 is 5.56 Å². The smallest absolute Gasteiger partial charge is 0.280 e. The molecule has 0 aliphatic carbocycles. The van der Waals surface area contributed by atoms with Gasteiger partial charge in [0, 0.05) is 22.6 Å². The first-order valence-electron chi connectivity index (χ1n) is 7.19. The summed E-state index contributed by atoms with van der Waals surface area (Å²) in [5.41, 5.74) is 3.04. The summed E-state index contributed by atoms with van der Waals surface area (Å²) in [5.74, 6) is 0.514. The van der Waals surface area contributed by atoms with Crippen molar-refractivity contribution in [3.05, 3.63) is 72.6 Å². The summed E-state index contributed by atoms with van der Waals surface area (Å²) >= 11 is 6.76. The number of aliphatic imine (C=N–C) groups is 1. The molecule has 3 rings (SSSR count). The summed E-state index contributed by atoms with van der Waals surface area (Å²) in [6.45, 7) is 3.85. The van der Waals surface area contributed by atoms with Crippen LogP contribution in [0.2, 0.25) is 0 Å². The van der Waals surface area contributed by atoms with Gasteiger partial charge in [0.1, 0.15) is 0 Å². The van der Waals surface area contributed by atoms with Crippen LogP contribution in [0.3, 0.4) is 0 Å². The molecule has 24 heavy (non-hydrogen) atoms. The third-order valence-corrected chi connectivity index (χ3v) is 4.53. The molecule has 1 aromatic carbocycles. The third kappa shape index (κ3) is 3.42. The van der Waals surface area contributed by atoms with E-state index in [4.69, 9.17) is 0 Å². The number of aryl methyl sites for hydroxylation is 2. The van der Waals surface area contributed by atoms with Gasteiger partial charge in [0.05, 0.1) is 15.7 Å². The highest BCUT2D eigenvalue weighted by Crippen LogP contribution is 2.25. The summed E-state index contributed by atoms with van der Waals surface area (Å²) in [6, 6.07) is 9.60. The van der Waals surface area contributed by atoms with Crippen molar-refractivity contribution in [1.29, 1.82) is 0 Å². The summed E-state index contributed by atoms with van der Waals surface area (Å²) in [5, 5.41) is 3.08. The van der Waals surface area contributed by atoms with Gasteiger partial charge in [-0.15, -0.1) is 0 Å². The highest BCUT2D eigenvalue weighted by molar-refractivity contribution is 9.11. The highest BCUT2D eigenvalue weighted by atomic mass is 79.9. The molecule has 2 aromatic heterocycles. The first kappa shape index (κ1) is 16.9. The summed E-state index contributed by atoms with van der Waals surface area (Å²) in [4.78, 5) is 21.2. The van der Waals surface area contributed by atoms with Crippen LogP contribution in [0.1, 0.15) is 16.8 Å². The molecule has 0 fully saturated rings. The van der Waals surface area contributed by atoms with Crippen LogP contribution in [0.4, 0.5) is 5.82 Å². The Bertz CT molecular complexity index is 971. The number of nitrogens with zero attached hydrogens (tertiary/aromatic N) is 3. The zero-order valence-corrected chi connectivity index (χ0v) is 16.2. The van der Waals surface area contributed by atoms with Crippen molar-refractivity contribution in [2.24, 2.45) is 4.99 Å². The highest BCUT2D eigenvalue weighted by Gasteiger charge is 2.11. The van der Waals surface area contributed by atoms with Crippen LogP contribution in [0, 0.1) is 13.8 Å². The predicted molar refractivity (Wildman–Crippen MR) is 103 cm³/mol. The maximum atomic E-state index is 12.6. The molecule has 0 aliphatic heterocycles. The van der Waals surface area contributed by atoms with Crippen LogP contribution in [0.25, 0.3) is 5.69 Å². The molecule has 122 valence electrons. The fourth-order valence-corrected chi connectivity index (χ4v) is 3.31. The molecule has 1 N–H and O–H groups in total. The minimum atomic E-state index is -0.145. The molecular formula is C17H14Br2N4O. The van der Waals surface area contributed by atoms with Crippen molar-refractivity contribution in [3.8, 4) is 5.69 Å². The summed E-state index contributed by atoms with van der Waals surface area (Å²) in [7, 11) is 0. The number of halogens is 2. The number of nitrogens with one attached hydrogen (secondary N) is 1. The fraction of sp³-hybridized carbons (Fsp3) is 0.118. The minimum Gasteiger partial charge on any atom is -0.295 e. The van der Waals surface area contributed by atoms with Crippen molar-refractivity contribution >= 4 is 43.9 Å². The normalized spacial score (nSPS) is 11.3. The second kappa shape index (κ2) is 6.86. The molecule has 5 nitrogen and oxygen atoms in total. The van der Waals surface area contributed by atoms with Crippen LogP contribution in [0.5, 0.6) is 0 Å². The van der Waals surface area contributed by atoms with Crippen molar-refractivity contribution in [3.63, 3.8) is 0 Å².